The van der Waals surface area contributed by atoms with E-state index in [1.807, 2.05) is 24.3 Å². The third-order valence-corrected chi connectivity index (χ3v) is 6.86. The van der Waals surface area contributed by atoms with Gasteiger partial charge in [0.2, 0.25) is 5.13 Å². The first-order valence-corrected chi connectivity index (χ1v) is 11.1. The predicted octanol–water partition coefficient (Wildman–Crippen LogP) is 3.96. The number of aromatic nitrogens is 2. The number of aliphatic hydroxyl groups excluding tert-OH is 1. The summed E-state index contributed by atoms with van der Waals surface area (Å²) in [6, 6.07) is 8.70. The topological polar surface area (TPSA) is 61.3 Å². The maximum absolute atomic E-state index is 10.3. The predicted molar refractivity (Wildman–Crippen MR) is 111 cm³/mol. The smallest absolute Gasteiger partial charge is 0.205 e. The number of nitrogens with one attached hydrogen (secondary N) is 1. The van der Waals surface area contributed by atoms with Crippen LogP contribution in [0.2, 0.25) is 5.02 Å². The SMILES string of the molecule is OC1CCCCC1N1CCC(Nc2nnc(Cc3ccc(Cl)cc3)s2)CC1. The highest BCUT2D eigenvalue weighted by Crippen LogP contribution is 2.27. The van der Waals surface area contributed by atoms with Gasteiger partial charge in [0.05, 0.1) is 6.10 Å². The summed E-state index contributed by atoms with van der Waals surface area (Å²) in [5.74, 6) is 0. The van der Waals surface area contributed by atoms with Crippen LogP contribution in [-0.2, 0) is 6.42 Å². The molecule has 2 aliphatic rings. The van der Waals surface area contributed by atoms with Crippen LogP contribution in [0.15, 0.2) is 24.3 Å². The molecule has 27 heavy (non-hydrogen) atoms. The number of halogens is 1. The van der Waals surface area contributed by atoms with E-state index in [1.165, 1.54) is 18.4 Å². The van der Waals surface area contributed by atoms with Crippen LogP contribution in [0, 0.1) is 0 Å². The summed E-state index contributed by atoms with van der Waals surface area (Å²) in [7, 11) is 0. The molecule has 0 amide bonds. The maximum atomic E-state index is 10.3. The van der Waals surface area contributed by atoms with Crippen LogP contribution in [0.25, 0.3) is 0 Å². The number of aliphatic hydroxyl groups is 1. The molecule has 1 aliphatic carbocycles. The van der Waals surface area contributed by atoms with E-state index in [1.54, 1.807) is 11.3 Å². The van der Waals surface area contributed by atoms with Gasteiger partial charge in [-0.2, -0.15) is 0 Å². The second-order valence-electron chi connectivity index (χ2n) is 7.68. The van der Waals surface area contributed by atoms with E-state index >= 15 is 0 Å². The molecule has 0 bridgehead atoms. The zero-order valence-electron chi connectivity index (χ0n) is 15.5. The summed E-state index contributed by atoms with van der Waals surface area (Å²) in [5.41, 5.74) is 1.20. The Bertz CT molecular complexity index is 730. The summed E-state index contributed by atoms with van der Waals surface area (Å²) >= 11 is 7.58. The Balaban J connectivity index is 1.27. The Labute approximate surface area is 169 Å². The Kier molecular flexibility index (Phi) is 6.28. The highest BCUT2D eigenvalue weighted by molar-refractivity contribution is 7.15. The monoisotopic (exact) mass is 406 g/mol. The molecule has 2 unspecified atom stereocenters. The number of likely N-dealkylation sites (tertiary alicyclic amines) is 1. The van der Waals surface area contributed by atoms with Crippen molar-refractivity contribution < 1.29 is 5.11 Å². The summed E-state index contributed by atoms with van der Waals surface area (Å²) in [5, 5.41) is 25.2. The van der Waals surface area contributed by atoms with Gasteiger partial charge in [0.15, 0.2) is 0 Å². The van der Waals surface area contributed by atoms with E-state index in [0.29, 0.717) is 12.1 Å². The standard InChI is InChI=1S/C20H27ClN4OS/c21-15-7-5-14(6-8-15)13-19-23-24-20(27-19)22-16-9-11-25(12-10-16)17-3-1-2-4-18(17)26/h5-8,16-18,26H,1-4,9-13H2,(H,22,24). The van der Waals surface area contributed by atoms with Crippen molar-refractivity contribution in [3.05, 3.63) is 39.9 Å². The van der Waals surface area contributed by atoms with E-state index in [9.17, 15) is 5.11 Å². The van der Waals surface area contributed by atoms with E-state index in [-0.39, 0.29) is 6.10 Å². The fraction of sp³-hybridized carbons (Fsp3) is 0.600. The number of rotatable bonds is 5. The lowest BCUT2D eigenvalue weighted by Gasteiger charge is -2.41. The molecule has 7 heteroatoms. The van der Waals surface area contributed by atoms with Gasteiger partial charge in [0, 0.05) is 36.6 Å². The Hall–Kier alpha value is -1.21. The lowest BCUT2D eigenvalue weighted by molar-refractivity contribution is 0.00993. The van der Waals surface area contributed by atoms with Gasteiger partial charge in [0.1, 0.15) is 5.01 Å². The first kappa shape index (κ1) is 19.1. The van der Waals surface area contributed by atoms with Crippen LogP contribution in [-0.4, -0.2) is 51.5 Å². The minimum atomic E-state index is -0.137. The number of anilines is 1. The molecule has 0 spiro atoms. The molecule has 0 radical (unpaired) electrons. The summed E-state index contributed by atoms with van der Waals surface area (Å²) in [4.78, 5) is 2.49. The summed E-state index contributed by atoms with van der Waals surface area (Å²) in [6.45, 7) is 2.10. The van der Waals surface area contributed by atoms with E-state index in [0.717, 1.165) is 60.4 Å². The second-order valence-corrected chi connectivity index (χ2v) is 9.18. The van der Waals surface area contributed by atoms with Crippen LogP contribution in [0.5, 0.6) is 0 Å². The van der Waals surface area contributed by atoms with Crippen molar-refractivity contribution in [2.45, 2.75) is 63.1 Å². The van der Waals surface area contributed by atoms with Gasteiger partial charge in [-0.05, 0) is 43.4 Å². The number of benzene rings is 1. The van der Waals surface area contributed by atoms with Crippen LogP contribution >= 0.6 is 22.9 Å². The Morgan fingerprint density at radius 2 is 1.81 bits per heavy atom. The number of hydrogen-bond donors (Lipinski definition) is 2. The van der Waals surface area contributed by atoms with Crippen LogP contribution < -0.4 is 5.32 Å². The maximum Gasteiger partial charge on any atom is 0.205 e. The zero-order valence-corrected chi connectivity index (χ0v) is 17.1. The van der Waals surface area contributed by atoms with Gasteiger partial charge in [-0.15, -0.1) is 10.2 Å². The normalized spacial score (nSPS) is 24.8. The van der Waals surface area contributed by atoms with Gasteiger partial charge < -0.3 is 10.4 Å². The molecule has 5 nitrogen and oxygen atoms in total. The minimum Gasteiger partial charge on any atom is -0.391 e. The molecule has 2 aromatic rings. The molecule has 1 aromatic heterocycles. The molecule has 2 atom stereocenters. The number of nitrogens with zero attached hydrogens (tertiary/aromatic N) is 3. The molecule has 1 aromatic carbocycles. The third-order valence-electron chi connectivity index (χ3n) is 5.76. The number of hydrogen-bond acceptors (Lipinski definition) is 6. The Morgan fingerprint density at radius 3 is 2.56 bits per heavy atom. The summed E-state index contributed by atoms with van der Waals surface area (Å²) < 4.78 is 0. The van der Waals surface area contributed by atoms with Crippen molar-refractivity contribution >= 4 is 28.1 Å². The molecule has 4 rings (SSSR count). The third kappa shape index (κ3) is 4.99. The van der Waals surface area contributed by atoms with E-state index in [2.05, 4.69) is 20.4 Å². The zero-order chi connectivity index (χ0) is 18.6. The van der Waals surface area contributed by atoms with Crippen molar-refractivity contribution in [2.24, 2.45) is 0 Å². The molecule has 2 heterocycles. The first-order chi connectivity index (χ1) is 13.2. The van der Waals surface area contributed by atoms with Crippen molar-refractivity contribution in [2.75, 3.05) is 18.4 Å². The summed E-state index contributed by atoms with van der Waals surface area (Å²) in [6.07, 6.45) is 7.36. The highest BCUT2D eigenvalue weighted by Gasteiger charge is 2.31. The number of piperidine rings is 1. The van der Waals surface area contributed by atoms with Gasteiger partial charge in [0.25, 0.3) is 0 Å². The molecular formula is C20H27ClN4OS. The van der Waals surface area contributed by atoms with Gasteiger partial charge in [-0.3, -0.25) is 4.90 Å². The fourth-order valence-electron chi connectivity index (χ4n) is 4.23. The minimum absolute atomic E-state index is 0.137. The molecule has 2 N–H and O–H groups in total. The molecule has 1 saturated carbocycles. The van der Waals surface area contributed by atoms with Crippen molar-refractivity contribution in [3.63, 3.8) is 0 Å². The van der Waals surface area contributed by atoms with E-state index in [4.69, 9.17) is 11.6 Å². The molecular weight excluding hydrogens is 380 g/mol. The van der Waals surface area contributed by atoms with Gasteiger partial charge >= 0.3 is 0 Å². The van der Waals surface area contributed by atoms with Gasteiger partial charge in [-0.25, -0.2) is 0 Å². The van der Waals surface area contributed by atoms with E-state index < -0.39 is 0 Å². The van der Waals surface area contributed by atoms with Crippen molar-refractivity contribution in [1.82, 2.24) is 15.1 Å². The molecule has 1 aliphatic heterocycles. The highest BCUT2D eigenvalue weighted by atomic mass is 35.5. The van der Waals surface area contributed by atoms with Crippen LogP contribution in [0.3, 0.4) is 0 Å². The van der Waals surface area contributed by atoms with Crippen molar-refractivity contribution in [3.8, 4) is 0 Å². The van der Waals surface area contributed by atoms with Crippen LogP contribution in [0.4, 0.5) is 5.13 Å². The molecule has 2 fully saturated rings. The lowest BCUT2D eigenvalue weighted by Crippen LogP contribution is -2.50. The first-order valence-electron chi connectivity index (χ1n) is 9.93. The average molecular weight is 407 g/mol. The second kappa shape index (κ2) is 8.86. The fourth-order valence-corrected chi connectivity index (χ4v) is 5.20. The molecule has 1 saturated heterocycles. The average Bonchev–Trinajstić information content (AvgIpc) is 3.12. The molecule has 146 valence electrons. The lowest BCUT2D eigenvalue weighted by atomic mass is 9.89. The largest absolute Gasteiger partial charge is 0.391 e. The van der Waals surface area contributed by atoms with Crippen LogP contribution in [0.1, 0.15) is 49.1 Å². The van der Waals surface area contributed by atoms with Gasteiger partial charge in [-0.1, -0.05) is 47.9 Å². The Morgan fingerprint density at radius 1 is 1.07 bits per heavy atom. The van der Waals surface area contributed by atoms with Crippen molar-refractivity contribution in [1.29, 1.82) is 0 Å². The quantitative estimate of drug-likeness (QED) is 0.786.